The monoisotopic (exact) mass is 434 g/mol. The standard InChI is InChI=1S/C26H47N3O2/c1-2-3-4-5-6-7-8-9-10-11-12-13-14-15-16-17-18-19-25-28-21-23-29(25,22-20-27)24-26(30)31/h7-8,21,23H,2-6,9-20,22,24,27H2,1H3/p+1/b8-7+. The smallest absolute Gasteiger partial charge is 0.360 e. The van der Waals surface area contributed by atoms with Crippen molar-refractivity contribution in [2.45, 2.75) is 110 Å². The van der Waals surface area contributed by atoms with Crippen LogP contribution in [0.25, 0.3) is 0 Å². The van der Waals surface area contributed by atoms with Gasteiger partial charge in [-0.25, -0.2) is 14.3 Å². The molecule has 0 radical (unpaired) electrons. The van der Waals surface area contributed by atoms with Gasteiger partial charge in [-0.3, -0.25) is 0 Å². The van der Waals surface area contributed by atoms with Crippen LogP contribution in [0, 0.1) is 0 Å². The van der Waals surface area contributed by atoms with Crippen molar-refractivity contribution in [3.05, 3.63) is 24.6 Å². The van der Waals surface area contributed by atoms with Crippen molar-refractivity contribution in [3.8, 4) is 0 Å². The van der Waals surface area contributed by atoms with Gasteiger partial charge in [-0.2, -0.15) is 0 Å². The number of amidine groups is 1. The van der Waals surface area contributed by atoms with Crippen LogP contribution in [0.4, 0.5) is 0 Å². The van der Waals surface area contributed by atoms with Crippen LogP contribution in [-0.2, 0) is 4.79 Å². The maximum atomic E-state index is 11.3. The van der Waals surface area contributed by atoms with Gasteiger partial charge in [0.15, 0.2) is 6.54 Å². The first kappa shape index (κ1) is 27.6. The van der Waals surface area contributed by atoms with Crippen LogP contribution in [0.3, 0.4) is 0 Å². The minimum Gasteiger partial charge on any atom is -0.477 e. The van der Waals surface area contributed by atoms with E-state index in [4.69, 9.17) is 5.73 Å². The summed E-state index contributed by atoms with van der Waals surface area (Å²) >= 11 is 0. The molecule has 0 spiro atoms. The van der Waals surface area contributed by atoms with E-state index < -0.39 is 5.97 Å². The molecule has 178 valence electrons. The summed E-state index contributed by atoms with van der Waals surface area (Å²) < 4.78 is 0.305. The molecule has 3 N–H and O–H groups in total. The van der Waals surface area contributed by atoms with Crippen LogP contribution < -0.4 is 5.73 Å². The summed E-state index contributed by atoms with van der Waals surface area (Å²) in [6.45, 7) is 3.38. The maximum Gasteiger partial charge on any atom is 0.360 e. The Morgan fingerprint density at radius 1 is 0.935 bits per heavy atom. The molecule has 1 aliphatic rings. The lowest BCUT2D eigenvalue weighted by Crippen LogP contribution is -2.52. The fourth-order valence-electron chi connectivity index (χ4n) is 4.34. The molecule has 1 heterocycles. The Labute approximate surface area is 191 Å². The first-order valence-electron chi connectivity index (χ1n) is 12.8. The minimum absolute atomic E-state index is 0.0429. The molecule has 0 aliphatic carbocycles. The topological polar surface area (TPSA) is 75.7 Å². The molecule has 1 aliphatic heterocycles. The Hall–Kier alpha value is -1.46. The third kappa shape index (κ3) is 12.9. The molecular weight excluding hydrogens is 386 g/mol. The summed E-state index contributed by atoms with van der Waals surface area (Å²) in [6, 6.07) is 0. The number of hydrogen-bond acceptors (Lipinski definition) is 3. The van der Waals surface area contributed by atoms with E-state index in [1.54, 1.807) is 6.20 Å². The molecule has 5 heteroatoms. The highest BCUT2D eigenvalue weighted by molar-refractivity contribution is 5.81. The van der Waals surface area contributed by atoms with Gasteiger partial charge in [0.1, 0.15) is 12.7 Å². The molecular formula is C26H48N3O2+. The third-order valence-electron chi connectivity index (χ3n) is 6.20. The van der Waals surface area contributed by atoms with Crippen LogP contribution in [0.5, 0.6) is 0 Å². The van der Waals surface area contributed by atoms with Crippen molar-refractivity contribution in [3.63, 3.8) is 0 Å². The van der Waals surface area contributed by atoms with E-state index in [0.29, 0.717) is 17.6 Å². The van der Waals surface area contributed by atoms with Crippen LogP contribution in [0.2, 0.25) is 0 Å². The van der Waals surface area contributed by atoms with E-state index in [0.717, 1.165) is 18.7 Å². The van der Waals surface area contributed by atoms with E-state index in [2.05, 4.69) is 24.1 Å². The van der Waals surface area contributed by atoms with Crippen molar-refractivity contribution in [1.82, 2.24) is 0 Å². The number of nitrogens with zero attached hydrogens (tertiary/aromatic N) is 2. The molecule has 0 aromatic rings. The van der Waals surface area contributed by atoms with E-state index in [1.807, 2.05) is 6.20 Å². The molecule has 0 aromatic carbocycles. The van der Waals surface area contributed by atoms with Crippen molar-refractivity contribution < 1.29 is 14.4 Å². The Morgan fingerprint density at radius 3 is 2.03 bits per heavy atom. The van der Waals surface area contributed by atoms with E-state index >= 15 is 0 Å². The Bertz CT molecular complexity index is 557. The average Bonchev–Trinajstić information content (AvgIpc) is 3.11. The normalized spacial score (nSPS) is 18.2. The van der Waals surface area contributed by atoms with Crippen molar-refractivity contribution in [1.29, 1.82) is 0 Å². The molecule has 1 atom stereocenters. The highest BCUT2D eigenvalue weighted by Crippen LogP contribution is 2.21. The highest BCUT2D eigenvalue weighted by atomic mass is 16.4. The molecule has 1 unspecified atom stereocenters. The molecule has 1 rings (SSSR count). The zero-order chi connectivity index (χ0) is 22.6. The van der Waals surface area contributed by atoms with Crippen LogP contribution in [0.15, 0.2) is 29.5 Å². The number of aliphatic imine (C=N–C) groups is 1. The number of unbranched alkanes of at least 4 members (excludes halogenated alkanes) is 13. The van der Waals surface area contributed by atoms with Gasteiger partial charge in [-0.15, -0.1) is 0 Å². The predicted molar refractivity (Wildman–Crippen MR) is 132 cm³/mol. The fraction of sp³-hybridized carbons (Fsp3) is 0.769. The second-order valence-corrected chi connectivity index (χ2v) is 8.98. The van der Waals surface area contributed by atoms with Crippen molar-refractivity contribution in [2.24, 2.45) is 10.7 Å². The molecule has 5 nitrogen and oxygen atoms in total. The summed E-state index contributed by atoms with van der Waals surface area (Å²) in [4.78, 5) is 15.7. The third-order valence-corrected chi connectivity index (χ3v) is 6.20. The summed E-state index contributed by atoms with van der Waals surface area (Å²) in [7, 11) is 0. The molecule has 0 aromatic heterocycles. The van der Waals surface area contributed by atoms with Crippen LogP contribution >= 0.6 is 0 Å². The lowest BCUT2D eigenvalue weighted by Gasteiger charge is -2.30. The van der Waals surface area contributed by atoms with E-state index in [-0.39, 0.29) is 6.54 Å². The number of allylic oxidation sites excluding steroid dienone is 2. The van der Waals surface area contributed by atoms with E-state index in [9.17, 15) is 9.90 Å². The van der Waals surface area contributed by atoms with Crippen LogP contribution in [-0.4, -0.2) is 41.0 Å². The summed E-state index contributed by atoms with van der Waals surface area (Å²) in [5.41, 5.74) is 5.73. The summed E-state index contributed by atoms with van der Waals surface area (Å²) in [5, 5.41) is 9.26. The quantitative estimate of drug-likeness (QED) is 0.122. The zero-order valence-corrected chi connectivity index (χ0v) is 20.1. The Kier molecular flexibility index (Phi) is 16.1. The highest BCUT2D eigenvalue weighted by Gasteiger charge is 2.36. The van der Waals surface area contributed by atoms with Gasteiger partial charge in [-0.1, -0.05) is 83.3 Å². The Morgan fingerprint density at radius 2 is 1.48 bits per heavy atom. The van der Waals surface area contributed by atoms with Gasteiger partial charge in [0.2, 0.25) is 5.84 Å². The number of aliphatic carboxylic acids is 1. The number of quaternary nitrogens is 1. The second-order valence-electron chi connectivity index (χ2n) is 8.98. The SMILES string of the molecule is CCCCCC/C=C/CCCCCCCCCCCC1=NC=C[N+]1(CCN)CC(=O)O. The number of rotatable bonds is 21. The van der Waals surface area contributed by atoms with Gasteiger partial charge in [0.25, 0.3) is 0 Å². The van der Waals surface area contributed by atoms with Gasteiger partial charge in [-0.05, 0) is 32.1 Å². The summed E-state index contributed by atoms with van der Waals surface area (Å²) in [5.74, 6) is 0.161. The minimum atomic E-state index is -0.800. The zero-order valence-electron chi connectivity index (χ0n) is 20.1. The molecule has 0 fully saturated rings. The molecule has 31 heavy (non-hydrogen) atoms. The van der Waals surface area contributed by atoms with Gasteiger partial charge in [0, 0.05) is 13.0 Å². The molecule has 0 saturated heterocycles. The van der Waals surface area contributed by atoms with E-state index in [1.165, 1.54) is 89.9 Å². The average molecular weight is 435 g/mol. The van der Waals surface area contributed by atoms with Crippen molar-refractivity contribution >= 4 is 11.8 Å². The first-order valence-corrected chi connectivity index (χ1v) is 12.8. The molecule has 0 bridgehead atoms. The Balaban J connectivity index is 1.97. The number of nitrogens with two attached hydrogens (primary N) is 1. The number of carboxylic acids is 1. The largest absolute Gasteiger partial charge is 0.477 e. The maximum absolute atomic E-state index is 11.3. The summed E-state index contributed by atoms with van der Waals surface area (Å²) in [6.07, 6.45) is 28.8. The lowest BCUT2D eigenvalue weighted by molar-refractivity contribution is -0.778. The van der Waals surface area contributed by atoms with Gasteiger partial charge >= 0.3 is 5.97 Å². The predicted octanol–water partition coefficient (Wildman–Crippen LogP) is 6.55. The number of carbonyl (C=O) groups is 1. The van der Waals surface area contributed by atoms with Gasteiger partial charge in [0.05, 0.1) is 6.20 Å². The van der Waals surface area contributed by atoms with Crippen molar-refractivity contribution in [2.75, 3.05) is 19.6 Å². The molecule has 0 saturated carbocycles. The fourth-order valence-corrected chi connectivity index (χ4v) is 4.34. The van der Waals surface area contributed by atoms with Gasteiger partial charge < -0.3 is 10.8 Å². The second kappa shape index (κ2) is 18.1. The lowest BCUT2D eigenvalue weighted by atomic mass is 10.0. The number of carboxylic acid groups (broad SMARTS) is 1. The first-order chi connectivity index (χ1) is 15.1. The molecule has 0 amide bonds. The number of hydrogen-bond donors (Lipinski definition) is 2. The van der Waals surface area contributed by atoms with Crippen LogP contribution in [0.1, 0.15) is 110 Å².